The molecule has 0 atom stereocenters. The average molecular weight is 739 g/mol. The molecule has 11 aromatic rings. The second kappa shape index (κ2) is 14.0. The van der Waals surface area contributed by atoms with E-state index in [1.54, 1.807) is 0 Å². The zero-order valence-electron chi connectivity index (χ0n) is 31.4. The van der Waals surface area contributed by atoms with Gasteiger partial charge in [0.15, 0.2) is 11.6 Å². The maximum absolute atomic E-state index is 5.25. The molecule has 9 aromatic carbocycles. The molecule has 0 aliphatic carbocycles. The number of fused-ring (bicyclic) bond motifs is 11. The van der Waals surface area contributed by atoms with Crippen LogP contribution in [-0.2, 0) is 0 Å². The SMILES string of the molecule is c1ccc(-c2ncc(-c3cc(-c4ccc5c6ccccc6c6ccccc6c6ccccc6c6cc7ccccc7cc6c5c4)nc(-c4ccccc4)n3)cn2)cc1. The van der Waals surface area contributed by atoms with E-state index in [1.165, 1.54) is 53.9 Å². The molecule has 4 nitrogen and oxygen atoms in total. The average Bonchev–Trinajstić information content (AvgIpc) is 3.31. The van der Waals surface area contributed by atoms with Crippen LogP contribution in [0.1, 0.15) is 0 Å². The van der Waals surface area contributed by atoms with E-state index in [-0.39, 0.29) is 0 Å². The van der Waals surface area contributed by atoms with Gasteiger partial charge >= 0.3 is 0 Å². The first-order chi connectivity index (χ1) is 28.7. The number of rotatable bonds is 4. The zero-order chi connectivity index (χ0) is 38.4. The van der Waals surface area contributed by atoms with E-state index in [0.717, 1.165) is 44.4 Å². The minimum Gasteiger partial charge on any atom is -0.236 e. The molecule has 4 heteroatoms. The van der Waals surface area contributed by atoms with Crippen molar-refractivity contribution in [3.8, 4) is 45.3 Å². The van der Waals surface area contributed by atoms with Crippen LogP contribution in [0.2, 0.25) is 0 Å². The van der Waals surface area contributed by atoms with Crippen LogP contribution in [0.25, 0.3) is 110 Å². The molecule has 0 bridgehead atoms. The third-order valence-corrected chi connectivity index (χ3v) is 11.2. The van der Waals surface area contributed by atoms with Crippen molar-refractivity contribution in [2.45, 2.75) is 0 Å². The van der Waals surface area contributed by atoms with Crippen LogP contribution in [0.4, 0.5) is 0 Å². The predicted octanol–water partition coefficient (Wildman–Crippen LogP) is 14.0. The standard InChI is InChI=1S/C54H34N4/c1-3-15-35(16-4-1)53-55-33-40(34-56-53)52-32-51(57-54(58-52)36-17-5-2-6-18-36)39-27-28-47-45-25-12-11-23-43(45)41-21-9-10-22-42(41)44-24-13-14-26-46(44)48-29-37-19-7-8-20-38(37)30-50(48)49(47)31-39/h1-34H. The van der Waals surface area contributed by atoms with Crippen molar-refractivity contribution in [3.63, 3.8) is 0 Å². The largest absolute Gasteiger partial charge is 0.236 e. The Balaban J connectivity index is 1.25. The summed E-state index contributed by atoms with van der Waals surface area (Å²) in [6.07, 6.45) is 3.72. The van der Waals surface area contributed by atoms with E-state index in [2.05, 4.69) is 146 Å². The molecule has 0 N–H and O–H groups in total. The van der Waals surface area contributed by atoms with Crippen LogP contribution in [0, 0.1) is 0 Å². The van der Waals surface area contributed by atoms with Gasteiger partial charge in [-0.3, -0.25) is 0 Å². The minimum absolute atomic E-state index is 0.641. The van der Waals surface area contributed by atoms with Crippen LogP contribution >= 0.6 is 0 Å². The molecule has 0 radical (unpaired) electrons. The van der Waals surface area contributed by atoms with Crippen LogP contribution < -0.4 is 0 Å². The van der Waals surface area contributed by atoms with E-state index in [0.29, 0.717) is 11.6 Å². The van der Waals surface area contributed by atoms with Crippen molar-refractivity contribution in [3.05, 3.63) is 207 Å². The van der Waals surface area contributed by atoms with E-state index >= 15 is 0 Å². The van der Waals surface area contributed by atoms with Crippen molar-refractivity contribution in [1.29, 1.82) is 0 Å². The van der Waals surface area contributed by atoms with E-state index in [9.17, 15) is 0 Å². The van der Waals surface area contributed by atoms with Gasteiger partial charge in [-0.15, -0.1) is 0 Å². The lowest BCUT2D eigenvalue weighted by Gasteiger charge is -2.13. The number of nitrogens with zero attached hydrogens (tertiary/aromatic N) is 4. The molecule has 0 saturated heterocycles. The first-order valence-corrected chi connectivity index (χ1v) is 19.5. The van der Waals surface area contributed by atoms with Gasteiger partial charge in [0.05, 0.1) is 11.4 Å². The lowest BCUT2D eigenvalue weighted by Crippen LogP contribution is -1.97. The Bertz CT molecular complexity index is 3430. The topological polar surface area (TPSA) is 51.6 Å². The molecule has 58 heavy (non-hydrogen) atoms. The third kappa shape index (κ3) is 5.87. The molecular weight excluding hydrogens is 705 g/mol. The van der Waals surface area contributed by atoms with Crippen molar-refractivity contribution < 1.29 is 0 Å². The summed E-state index contributed by atoms with van der Waals surface area (Å²) in [5.41, 5.74) is 5.29. The van der Waals surface area contributed by atoms with Gasteiger partial charge in [0.1, 0.15) is 0 Å². The summed E-state index contributed by atoms with van der Waals surface area (Å²) in [5, 5.41) is 14.2. The molecule has 0 spiro atoms. The fourth-order valence-corrected chi connectivity index (χ4v) is 8.36. The number of hydrogen-bond donors (Lipinski definition) is 0. The van der Waals surface area contributed by atoms with Gasteiger partial charge in [0.2, 0.25) is 0 Å². The molecule has 0 aliphatic rings. The van der Waals surface area contributed by atoms with Gasteiger partial charge in [-0.05, 0) is 88.9 Å². The Labute approximate surface area is 335 Å². The second-order valence-electron chi connectivity index (χ2n) is 14.6. The lowest BCUT2D eigenvalue weighted by atomic mass is 9.92. The van der Waals surface area contributed by atoms with Crippen molar-refractivity contribution >= 4 is 64.6 Å². The Morgan fingerprint density at radius 1 is 0.241 bits per heavy atom. The quantitative estimate of drug-likeness (QED) is 0.180. The normalized spacial score (nSPS) is 11.4. The molecule has 0 fully saturated rings. The van der Waals surface area contributed by atoms with Gasteiger partial charge in [-0.25, -0.2) is 19.9 Å². The van der Waals surface area contributed by atoms with Crippen LogP contribution in [-0.4, -0.2) is 19.9 Å². The molecule has 0 saturated carbocycles. The van der Waals surface area contributed by atoms with Crippen molar-refractivity contribution in [1.82, 2.24) is 19.9 Å². The van der Waals surface area contributed by atoms with Crippen molar-refractivity contribution in [2.75, 3.05) is 0 Å². The molecule has 0 unspecified atom stereocenters. The van der Waals surface area contributed by atoms with Gasteiger partial charge in [0, 0.05) is 34.6 Å². The van der Waals surface area contributed by atoms with Crippen molar-refractivity contribution in [2.24, 2.45) is 0 Å². The Morgan fingerprint density at radius 3 is 1.14 bits per heavy atom. The fourth-order valence-electron chi connectivity index (χ4n) is 8.36. The first-order valence-electron chi connectivity index (χ1n) is 19.5. The maximum atomic E-state index is 5.25. The van der Waals surface area contributed by atoms with E-state index in [4.69, 9.17) is 19.9 Å². The lowest BCUT2D eigenvalue weighted by molar-refractivity contribution is 1.14. The minimum atomic E-state index is 0.641. The van der Waals surface area contributed by atoms with Crippen LogP contribution in [0.15, 0.2) is 207 Å². The number of aromatic nitrogens is 4. The molecular formula is C54H34N4. The summed E-state index contributed by atoms with van der Waals surface area (Å²) in [4.78, 5) is 19.9. The maximum Gasteiger partial charge on any atom is 0.160 e. The fraction of sp³-hybridized carbons (Fsp3) is 0. The highest BCUT2D eigenvalue weighted by atomic mass is 14.9. The molecule has 0 amide bonds. The molecule has 270 valence electrons. The summed E-state index contributed by atoms with van der Waals surface area (Å²) < 4.78 is 0. The van der Waals surface area contributed by atoms with Crippen LogP contribution in [0.5, 0.6) is 0 Å². The number of hydrogen-bond acceptors (Lipinski definition) is 4. The van der Waals surface area contributed by atoms with E-state index < -0.39 is 0 Å². The number of benzene rings is 8. The summed E-state index contributed by atoms with van der Waals surface area (Å²) in [5.74, 6) is 1.31. The summed E-state index contributed by atoms with van der Waals surface area (Å²) in [6, 6.07) is 68.9. The first kappa shape index (κ1) is 33.5. The van der Waals surface area contributed by atoms with Gasteiger partial charge in [-0.2, -0.15) is 0 Å². The third-order valence-electron chi connectivity index (χ3n) is 11.2. The van der Waals surface area contributed by atoms with E-state index in [1.807, 2.05) is 60.9 Å². The molecule has 11 rings (SSSR count). The van der Waals surface area contributed by atoms with Gasteiger partial charge in [0.25, 0.3) is 0 Å². The zero-order valence-corrected chi connectivity index (χ0v) is 31.4. The second-order valence-corrected chi connectivity index (χ2v) is 14.6. The predicted molar refractivity (Wildman–Crippen MR) is 242 cm³/mol. The summed E-state index contributed by atoms with van der Waals surface area (Å²) >= 11 is 0. The monoisotopic (exact) mass is 738 g/mol. The summed E-state index contributed by atoms with van der Waals surface area (Å²) in [6.45, 7) is 0. The van der Waals surface area contributed by atoms with Gasteiger partial charge < -0.3 is 0 Å². The Morgan fingerprint density at radius 2 is 0.621 bits per heavy atom. The van der Waals surface area contributed by atoms with Crippen LogP contribution in [0.3, 0.4) is 0 Å². The molecule has 0 aliphatic heterocycles. The highest BCUT2D eigenvalue weighted by Crippen LogP contribution is 2.39. The molecule has 2 heterocycles. The Hall–Kier alpha value is -7.82. The highest BCUT2D eigenvalue weighted by Gasteiger charge is 2.15. The smallest absolute Gasteiger partial charge is 0.160 e. The molecule has 2 aromatic heterocycles. The van der Waals surface area contributed by atoms with Gasteiger partial charge in [-0.1, -0.05) is 170 Å². The highest BCUT2D eigenvalue weighted by molar-refractivity contribution is 6.27. The Kier molecular flexibility index (Phi) is 8.11. The summed E-state index contributed by atoms with van der Waals surface area (Å²) in [7, 11) is 0.